The summed E-state index contributed by atoms with van der Waals surface area (Å²) in [7, 11) is 0. The lowest BCUT2D eigenvalue weighted by Gasteiger charge is -2.42. The summed E-state index contributed by atoms with van der Waals surface area (Å²) in [6, 6.07) is 0.134. The first kappa shape index (κ1) is 16.7. The molecule has 0 aromatic carbocycles. The number of nitrogens with zero attached hydrogens (tertiary/aromatic N) is 3. The van der Waals surface area contributed by atoms with Gasteiger partial charge in [-0.15, -0.1) is 0 Å². The summed E-state index contributed by atoms with van der Waals surface area (Å²) < 4.78 is 1.99. The number of aryl methyl sites for hydroxylation is 2. The van der Waals surface area contributed by atoms with Crippen LogP contribution in [0.3, 0.4) is 0 Å². The predicted molar refractivity (Wildman–Crippen MR) is 87.3 cm³/mol. The molecule has 1 unspecified atom stereocenters. The average Bonchev–Trinajstić information content (AvgIpc) is 3.07. The van der Waals surface area contributed by atoms with Gasteiger partial charge in [0.25, 0.3) is 0 Å². The zero-order chi connectivity index (χ0) is 15.6. The summed E-state index contributed by atoms with van der Waals surface area (Å²) >= 11 is 6.44. The van der Waals surface area contributed by atoms with Crippen molar-refractivity contribution >= 4 is 11.6 Å². The molecule has 21 heavy (non-hydrogen) atoms. The smallest absolute Gasteiger partial charge is 0.0847 e. The lowest BCUT2D eigenvalue weighted by Crippen LogP contribution is -2.59. The van der Waals surface area contributed by atoms with Gasteiger partial charge in [0.05, 0.1) is 16.4 Å². The molecule has 1 saturated heterocycles. The summed E-state index contributed by atoms with van der Waals surface area (Å²) in [5, 5.41) is 5.27. The molecule has 0 radical (unpaired) electrons. The summed E-state index contributed by atoms with van der Waals surface area (Å²) in [5.41, 5.74) is 4.97. The van der Waals surface area contributed by atoms with Gasteiger partial charge in [0.15, 0.2) is 0 Å². The Hall–Kier alpha value is -0.620. The molecule has 1 fully saturated rings. The van der Waals surface area contributed by atoms with Crippen LogP contribution in [0, 0.1) is 6.92 Å². The number of nitrogens with two attached hydrogens (primary N) is 1. The van der Waals surface area contributed by atoms with Crippen molar-refractivity contribution in [1.82, 2.24) is 20.1 Å². The number of hydrogen-bond acceptors (Lipinski definition) is 4. The first-order valence-electron chi connectivity index (χ1n) is 7.84. The van der Waals surface area contributed by atoms with Crippen LogP contribution in [-0.4, -0.2) is 39.4 Å². The fraction of sp³-hybridized carbons (Fsp3) is 0.800. The third kappa shape index (κ3) is 3.26. The Bertz CT molecular complexity index is 477. The monoisotopic (exact) mass is 313 g/mol. The van der Waals surface area contributed by atoms with Crippen LogP contribution < -0.4 is 11.3 Å². The number of likely N-dealkylation sites (tertiary alicyclic amines) is 1. The third-order valence-electron chi connectivity index (χ3n) is 4.83. The highest BCUT2D eigenvalue weighted by atomic mass is 35.5. The van der Waals surface area contributed by atoms with E-state index in [4.69, 9.17) is 17.4 Å². The number of aromatic nitrogens is 2. The fourth-order valence-electron chi connectivity index (χ4n) is 3.28. The zero-order valence-corrected chi connectivity index (χ0v) is 14.4. The van der Waals surface area contributed by atoms with Gasteiger partial charge >= 0.3 is 0 Å². The van der Waals surface area contributed by atoms with Crippen molar-refractivity contribution in [3.8, 4) is 0 Å². The summed E-state index contributed by atoms with van der Waals surface area (Å²) in [5.74, 6) is 5.87. The molecular weight excluding hydrogens is 286 g/mol. The average molecular weight is 314 g/mol. The lowest BCUT2D eigenvalue weighted by molar-refractivity contribution is 0.105. The van der Waals surface area contributed by atoms with Crippen LogP contribution in [0.4, 0.5) is 0 Å². The maximum absolute atomic E-state index is 6.44. The maximum atomic E-state index is 6.44. The summed E-state index contributed by atoms with van der Waals surface area (Å²) in [6.45, 7) is 11.7. The van der Waals surface area contributed by atoms with E-state index in [-0.39, 0.29) is 11.6 Å². The molecule has 2 heterocycles. The van der Waals surface area contributed by atoms with Crippen molar-refractivity contribution in [1.29, 1.82) is 0 Å². The topological polar surface area (TPSA) is 59.1 Å². The molecule has 0 saturated carbocycles. The Morgan fingerprint density at radius 3 is 2.52 bits per heavy atom. The molecule has 0 bridgehead atoms. The number of halogens is 1. The minimum atomic E-state index is -0.00861. The third-order valence-corrected chi connectivity index (χ3v) is 5.32. The molecule has 0 aliphatic carbocycles. The van der Waals surface area contributed by atoms with Crippen molar-refractivity contribution in [2.24, 2.45) is 5.84 Å². The summed E-state index contributed by atoms with van der Waals surface area (Å²) in [6.07, 6.45) is 3.33. The van der Waals surface area contributed by atoms with Gasteiger partial charge < -0.3 is 0 Å². The largest absolute Gasteiger partial charge is 0.297 e. The quantitative estimate of drug-likeness (QED) is 0.624. The van der Waals surface area contributed by atoms with E-state index in [1.165, 1.54) is 12.8 Å². The van der Waals surface area contributed by atoms with E-state index >= 15 is 0 Å². The Kier molecular flexibility index (Phi) is 5.30. The second-order valence-corrected chi connectivity index (χ2v) is 6.81. The number of hydrogen-bond donors (Lipinski definition) is 2. The molecular formula is C15H28ClN5. The molecule has 1 aromatic rings. The standard InChI is InChI=1S/C15H28ClN5/c1-5-21-12(14(16)11(2)19-21)10-13(18-17)15(3,4)20-8-6-7-9-20/h13,18H,5-10,17H2,1-4H3. The van der Waals surface area contributed by atoms with Gasteiger partial charge in [-0.1, -0.05) is 11.6 Å². The molecule has 2 rings (SSSR count). The maximum Gasteiger partial charge on any atom is 0.0847 e. The first-order valence-corrected chi connectivity index (χ1v) is 8.22. The van der Waals surface area contributed by atoms with E-state index in [1.807, 2.05) is 11.6 Å². The van der Waals surface area contributed by atoms with Crippen molar-refractivity contribution in [3.63, 3.8) is 0 Å². The molecule has 1 aliphatic heterocycles. The van der Waals surface area contributed by atoms with Crippen molar-refractivity contribution in [2.45, 2.75) is 65.1 Å². The Morgan fingerprint density at radius 1 is 1.38 bits per heavy atom. The second-order valence-electron chi connectivity index (χ2n) is 6.43. The van der Waals surface area contributed by atoms with Crippen LogP contribution in [0.25, 0.3) is 0 Å². The highest BCUT2D eigenvalue weighted by Gasteiger charge is 2.37. The van der Waals surface area contributed by atoms with E-state index in [0.717, 1.165) is 42.5 Å². The van der Waals surface area contributed by atoms with Crippen LogP contribution in [0.2, 0.25) is 5.02 Å². The summed E-state index contributed by atoms with van der Waals surface area (Å²) in [4.78, 5) is 2.52. The van der Waals surface area contributed by atoms with E-state index in [0.29, 0.717) is 0 Å². The molecule has 0 spiro atoms. The van der Waals surface area contributed by atoms with Crippen molar-refractivity contribution in [2.75, 3.05) is 13.1 Å². The highest BCUT2D eigenvalue weighted by molar-refractivity contribution is 6.31. The number of nitrogens with one attached hydrogen (secondary N) is 1. The van der Waals surface area contributed by atoms with Gasteiger partial charge in [-0.25, -0.2) is 0 Å². The molecule has 0 amide bonds. The van der Waals surface area contributed by atoms with Gasteiger partial charge in [-0.3, -0.25) is 20.9 Å². The minimum Gasteiger partial charge on any atom is -0.297 e. The molecule has 5 nitrogen and oxygen atoms in total. The zero-order valence-electron chi connectivity index (χ0n) is 13.6. The predicted octanol–water partition coefficient (Wildman–Crippen LogP) is 2.11. The van der Waals surface area contributed by atoms with Crippen LogP contribution in [-0.2, 0) is 13.0 Å². The number of rotatable bonds is 6. The van der Waals surface area contributed by atoms with E-state index in [1.54, 1.807) is 0 Å². The van der Waals surface area contributed by atoms with Gasteiger partial charge in [0, 0.05) is 24.5 Å². The van der Waals surface area contributed by atoms with Crippen LogP contribution >= 0.6 is 11.6 Å². The Balaban J connectivity index is 2.22. The molecule has 1 aromatic heterocycles. The molecule has 1 aliphatic rings. The van der Waals surface area contributed by atoms with E-state index in [2.05, 4.69) is 36.2 Å². The van der Waals surface area contributed by atoms with Crippen molar-refractivity contribution in [3.05, 3.63) is 16.4 Å². The van der Waals surface area contributed by atoms with Gasteiger partial charge in [-0.2, -0.15) is 5.10 Å². The van der Waals surface area contributed by atoms with Gasteiger partial charge in [0.2, 0.25) is 0 Å². The normalized spacial score (nSPS) is 18.4. The number of hydrazine groups is 1. The SMILES string of the molecule is CCn1nc(C)c(Cl)c1CC(NN)C(C)(C)N1CCCC1. The second kappa shape index (κ2) is 6.65. The molecule has 1 atom stereocenters. The first-order chi connectivity index (χ1) is 9.91. The van der Waals surface area contributed by atoms with Gasteiger partial charge in [-0.05, 0) is 53.6 Å². The van der Waals surface area contributed by atoms with Crippen LogP contribution in [0.1, 0.15) is 45.0 Å². The van der Waals surface area contributed by atoms with E-state index in [9.17, 15) is 0 Å². The molecule has 6 heteroatoms. The molecule has 3 N–H and O–H groups in total. The van der Waals surface area contributed by atoms with E-state index < -0.39 is 0 Å². The van der Waals surface area contributed by atoms with Crippen LogP contribution in [0.5, 0.6) is 0 Å². The molecule has 120 valence electrons. The van der Waals surface area contributed by atoms with Gasteiger partial charge in [0.1, 0.15) is 0 Å². The minimum absolute atomic E-state index is 0.00861. The lowest BCUT2D eigenvalue weighted by atomic mass is 9.89. The van der Waals surface area contributed by atoms with Crippen molar-refractivity contribution < 1.29 is 0 Å². The fourth-order valence-corrected chi connectivity index (χ4v) is 3.50. The Labute approximate surface area is 132 Å². The van der Waals surface area contributed by atoms with Crippen LogP contribution in [0.15, 0.2) is 0 Å². The Morgan fingerprint density at radius 2 is 2.00 bits per heavy atom. The highest BCUT2D eigenvalue weighted by Crippen LogP contribution is 2.28.